The predicted molar refractivity (Wildman–Crippen MR) is 135 cm³/mol. The van der Waals surface area contributed by atoms with Gasteiger partial charge < -0.3 is 10.1 Å². The number of nitrogens with one attached hydrogen (secondary N) is 1. The average Bonchev–Trinajstić information content (AvgIpc) is 3.33. The summed E-state index contributed by atoms with van der Waals surface area (Å²) >= 11 is 0. The van der Waals surface area contributed by atoms with Crippen molar-refractivity contribution in [3.63, 3.8) is 0 Å². The molecule has 1 unspecified atom stereocenters. The zero-order chi connectivity index (χ0) is 24.5. The molecule has 1 atom stereocenters. The van der Waals surface area contributed by atoms with E-state index in [1.165, 1.54) is 6.08 Å². The maximum absolute atomic E-state index is 12.8. The van der Waals surface area contributed by atoms with Gasteiger partial charge in [0.25, 0.3) is 0 Å². The molecule has 0 aliphatic heterocycles. The van der Waals surface area contributed by atoms with Crippen molar-refractivity contribution in [3.05, 3.63) is 109 Å². The van der Waals surface area contributed by atoms with E-state index in [1.54, 1.807) is 30.1 Å². The van der Waals surface area contributed by atoms with Crippen LogP contribution in [0.5, 0.6) is 0 Å². The number of esters is 1. The average molecular weight is 467 g/mol. The van der Waals surface area contributed by atoms with Crippen molar-refractivity contribution in [2.24, 2.45) is 0 Å². The highest BCUT2D eigenvalue weighted by atomic mass is 16.5. The monoisotopic (exact) mass is 466 g/mol. The third kappa shape index (κ3) is 6.29. The third-order valence-corrected chi connectivity index (χ3v) is 5.28. The molecule has 7 heteroatoms. The van der Waals surface area contributed by atoms with E-state index >= 15 is 0 Å². The molecule has 2 aromatic heterocycles. The van der Waals surface area contributed by atoms with Crippen LogP contribution in [-0.2, 0) is 20.7 Å². The Morgan fingerprint density at radius 2 is 1.77 bits per heavy atom. The highest BCUT2D eigenvalue weighted by molar-refractivity contribution is 5.95. The molecule has 1 amide bonds. The van der Waals surface area contributed by atoms with Gasteiger partial charge in [-0.25, -0.2) is 9.48 Å². The zero-order valence-electron chi connectivity index (χ0n) is 19.4. The van der Waals surface area contributed by atoms with Crippen LogP contribution >= 0.6 is 0 Å². The number of rotatable bonds is 9. The van der Waals surface area contributed by atoms with Crippen molar-refractivity contribution in [1.82, 2.24) is 20.1 Å². The maximum Gasteiger partial charge on any atom is 0.328 e. The molecule has 0 spiro atoms. The van der Waals surface area contributed by atoms with E-state index in [0.717, 1.165) is 22.4 Å². The minimum absolute atomic E-state index is 0.239. The van der Waals surface area contributed by atoms with Gasteiger partial charge >= 0.3 is 5.97 Å². The number of para-hydroxylation sites is 1. The van der Waals surface area contributed by atoms with Crippen LogP contribution in [0, 0.1) is 0 Å². The van der Waals surface area contributed by atoms with Crippen molar-refractivity contribution in [3.8, 4) is 16.9 Å². The lowest BCUT2D eigenvalue weighted by atomic mass is 10.1. The van der Waals surface area contributed by atoms with Crippen molar-refractivity contribution >= 4 is 18.0 Å². The topological polar surface area (TPSA) is 86.1 Å². The number of benzene rings is 2. The Labute approximate surface area is 204 Å². The SMILES string of the molecule is CCOC(=O)C(Cc1ccccc1)NC(=O)/C=C/c1cn(-c2ccccc2)nc1-c1cccnc1. The first kappa shape index (κ1) is 23.6. The molecule has 0 aliphatic rings. The first-order valence-corrected chi connectivity index (χ1v) is 11.4. The van der Waals surface area contributed by atoms with Crippen LogP contribution in [0.2, 0.25) is 0 Å². The highest BCUT2D eigenvalue weighted by Gasteiger charge is 2.22. The number of amides is 1. The molecule has 0 bridgehead atoms. The summed E-state index contributed by atoms with van der Waals surface area (Å²) in [5.41, 5.74) is 4.09. The van der Waals surface area contributed by atoms with Gasteiger partial charge in [-0.05, 0) is 42.8 Å². The Balaban J connectivity index is 1.57. The lowest BCUT2D eigenvalue weighted by Gasteiger charge is -2.16. The van der Waals surface area contributed by atoms with Gasteiger partial charge in [0.2, 0.25) is 5.91 Å². The summed E-state index contributed by atoms with van der Waals surface area (Å²) < 4.78 is 6.93. The predicted octanol–water partition coefficient (Wildman–Crippen LogP) is 4.24. The van der Waals surface area contributed by atoms with Crippen LogP contribution in [0.25, 0.3) is 23.0 Å². The van der Waals surface area contributed by atoms with E-state index in [4.69, 9.17) is 9.84 Å². The van der Waals surface area contributed by atoms with E-state index < -0.39 is 17.9 Å². The maximum atomic E-state index is 12.8. The molecule has 4 rings (SSSR count). The fourth-order valence-electron chi connectivity index (χ4n) is 3.62. The molecule has 1 N–H and O–H groups in total. The number of nitrogens with zero attached hydrogens (tertiary/aromatic N) is 3. The quantitative estimate of drug-likeness (QED) is 0.295. The second-order valence-electron chi connectivity index (χ2n) is 7.79. The van der Waals surface area contributed by atoms with Gasteiger partial charge in [-0.3, -0.25) is 9.78 Å². The summed E-state index contributed by atoms with van der Waals surface area (Å²) in [5.74, 6) is -0.866. The summed E-state index contributed by atoms with van der Waals surface area (Å²) in [5, 5.41) is 7.50. The number of pyridine rings is 1. The number of ether oxygens (including phenoxy) is 1. The summed E-state index contributed by atoms with van der Waals surface area (Å²) in [6.45, 7) is 1.98. The minimum Gasteiger partial charge on any atom is -0.464 e. The number of carbonyl (C=O) groups excluding carboxylic acids is 2. The van der Waals surface area contributed by atoms with Crippen LogP contribution < -0.4 is 5.32 Å². The van der Waals surface area contributed by atoms with Gasteiger partial charge in [0.15, 0.2) is 0 Å². The molecule has 0 radical (unpaired) electrons. The van der Waals surface area contributed by atoms with E-state index in [9.17, 15) is 9.59 Å². The van der Waals surface area contributed by atoms with Gasteiger partial charge in [0.05, 0.1) is 12.3 Å². The largest absolute Gasteiger partial charge is 0.464 e. The van der Waals surface area contributed by atoms with E-state index in [0.29, 0.717) is 12.1 Å². The molecule has 35 heavy (non-hydrogen) atoms. The minimum atomic E-state index is -0.792. The Kier molecular flexibility index (Phi) is 7.81. The van der Waals surface area contributed by atoms with Crippen molar-refractivity contribution in [2.75, 3.05) is 6.61 Å². The molecule has 176 valence electrons. The van der Waals surface area contributed by atoms with Crippen LogP contribution in [-0.4, -0.2) is 39.3 Å². The summed E-state index contributed by atoms with van der Waals surface area (Å²) in [6, 6.07) is 22.2. The summed E-state index contributed by atoms with van der Waals surface area (Å²) in [7, 11) is 0. The molecular weight excluding hydrogens is 440 g/mol. The van der Waals surface area contributed by atoms with E-state index in [-0.39, 0.29) is 6.61 Å². The van der Waals surface area contributed by atoms with Gasteiger partial charge in [0.1, 0.15) is 11.7 Å². The summed E-state index contributed by atoms with van der Waals surface area (Å²) in [6.07, 6.45) is 8.72. The molecule has 7 nitrogen and oxygen atoms in total. The molecule has 2 heterocycles. The van der Waals surface area contributed by atoms with E-state index in [1.807, 2.05) is 79.0 Å². The molecule has 0 aliphatic carbocycles. The number of hydrogen-bond acceptors (Lipinski definition) is 5. The molecule has 0 fully saturated rings. The number of hydrogen-bond donors (Lipinski definition) is 1. The molecular formula is C28H26N4O3. The Morgan fingerprint density at radius 3 is 2.46 bits per heavy atom. The first-order valence-electron chi connectivity index (χ1n) is 11.4. The molecule has 4 aromatic rings. The van der Waals surface area contributed by atoms with Crippen LogP contribution in [0.4, 0.5) is 0 Å². The van der Waals surface area contributed by atoms with Crippen molar-refractivity contribution in [1.29, 1.82) is 0 Å². The fourth-order valence-corrected chi connectivity index (χ4v) is 3.62. The molecule has 0 saturated carbocycles. The van der Waals surface area contributed by atoms with Gasteiger partial charge in [-0.1, -0.05) is 48.5 Å². The first-order chi connectivity index (χ1) is 17.1. The van der Waals surface area contributed by atoms with Gasteiger partial charge in [-0.2, -0.15) is 5.10 Å². The number of carbonyl (C=O) groups is 2. The van der Waals surface area contributed by atoms with Crippen molar-refractivity contribution in [2.45, 2.75) is 19.4 Å². The number of aromatic nitrogens is 3. The lowest BCUT2D eigenvalue weighted by molar-refractivity contribution is -0.146. The van der Waals surface area contributed by atoms with Gasteiger partial charge in [-0.15, -0.1) is 0 Å². The zero-order valence-corrected chi connectivity index (χ0v) is 19.4. The summed E-state index contributed by atoms with van der Waals surface area (Å²) in [4.78, 5) is 29.5. The van der Waals surface area contributed by atoms with Crippen LogP contribution in [0.3, 0.4) is 0 Å². The standard InChI is InChI=1S/C28H26N4O3/c1-2-35-28(34)25(18-21-10-5-3-6-11-21)30-26(33)16-15-23-20-32(24-13-7-4-8-14-24)31-27(23)22-12-9-17-29-19-22/h3-17,19-20,25H,2,18H2,1H3,(H,30,33)/b16-15+. The molecule has 2 aromatic carbocycles. The van der Waals surface area contributed by atoms with Crippen LogP contribution in [0.1, 0.15) is 18.1 Å². The second kappa shape index (κ2) is 11.6. The lowest BCUT2D eigenvalue weighted by Crippen LogP contribution is -2.42. The fraction of sp³-hybridized carbons (Fsp3) is 0.143. The van der Waals surface area contributed by atoms with Crippen molar-refractivity contribution < 1.29 is 14.3 Å². The highest BCUT2D eigenvalue weighted by Crippen LogP contribution is 2.24. The Hall–Kier alpha value is -4.52. The van der Waals surface area contributed by atoms with Gasteiger partial charge in [0, 0.05) is 42.2 Å². The van der Waals surface area contributed by atoms with E-state index in [2.05, 4.69) is 10.3 Å². The Bertz CT molecular complexity index is 1290. The van der Waals surface area contributed by atoms with Crippen LogP contribution in [0.15, 0.2) is 97.5 Å². The normalized spacial score (nSPS) is 11.8. The Morgan fingerprint density at radius 1 is 1.03 bits per heavy atom. The third-order valence-electron chi connectivity index (χ3n) is 5.28. The second-order valence-corrected chi connectivity index (χ2v) is 7.79. The molecule has 0 saturated heterocycles. The smallest absolute Gasteiger partial charge is 0.328 e.